The molecule has 1 aliphatic rings. The lowest BCUT2D eigenvalue weighted by Crippen LogP contribution is -2.19. The first-order chi connectivity index (χ1) is 9.79. The van der Waals surface area contributed by atoms with E-state index in [2.05, 4.69) is 46.7 Å². The highest BCUT2D eigenvalue weighted by atomic mass is 16.4. The van der Waals surface area contributed by atoms with E-state index in [4.69, 9.17) is 4.42 Å². The summed E-state index contributed by atoms with van der Waals surface area (Å²) in [7, 11) is 0. The van der Waals surface area contributed by atoms with E-state index in [9.17, 15) is 0 Å². The Hall–Kier alpha value is -1.68. The Bertz CT molecular complexity index is 543. The minimum Gasteiger partial charge on any atom is -0.425 e. The smallest absolute Gasteiger partial charge is 0.217 e. The summed E-state index contributed by atoms with van der Waals surface area (Å²) < 4.78 is 5.67. The van der Waals surface area contributed by atoms with Crippen molar-refractivity contribution in [2.24, 2.45) is 0 Å². The topological polar surface area (TPSA) is 51.0 Å². The van der Waals surface area contributed by atoms with Crippen molar-refractivity contribution in [1.82, 2.24) is 15.5 Å². The second-order valence-electron chi connectivity index (χ2n) is 5.55. The highest BCUT2D eigenvalue weighted by molar-refractivity contribution is 5.21. The van der Waals surface area contributed by atoms with Crippen molar-refractivity contribution in [1.29, 1.82) is 0 Å². The van der Waals surface area contributed by atoms with Crippen LogP contribution in [-0.2, 0) is 19.3 Å². The van der Waals surface area contributed by atoms with Crippen LogP contribution < -0.4 is 5.32 Å². The molecule has 1 aromatic carbocycles. The Morgan fingerprint density at radius 3 is 2.45 bits per heavy atom. The third-order valence-electron chi connectivity index (χ3n) is 3.61. The van der Waals surface area contributed by atoms with Crippen molar-refractivity contribution in [2.45, 2.75) is 45.1 Å². The summed E-state index contributed by atoms with van der Waals surface area (Å²) in [5, 5.41) is 11.7. The molecule has 1 heterocycles. The predicted octanol–water partition coefficient (Wildman–Crippen LogP) is 2.46. The summed E-state index contributed by atoms with van der Waals surface area (Å²) in [6.45, 7) is 3.04. The maximum Gasteiger partial charge on any atom is 0.217 e. The molecule has 0 amide bonds. The van der Waals surface area contributed by atoms with E-state index in [1.165, 1.54) is 24.0 Å². The van der Waals surface area contributed by atoms with Crippen LogP contribution in [-0.4, -0.2) is 22.8 Å². The minimum absolute atomic E-state index is 0.735. The van der Waals surface area contributed by atoms with Crippen LogP contribution in [0.5, 0.6) is 0 Å². The molecule has 106 valence electrons. The molecule has 0 radical (unpaired) electrons. The van der Waals surface area contributed by atoms with Gasteiger partial charge in [-0.05, 0) is 31.7 Å². The normalized spacial score (nSPS) is 14.7. The second-order valence-corrected chi connectivity index (χ2v) is 5.55. The SMILES string of the molecule is Cc1ccc(CCc2nnc(CCNC3CC3)o2)cc1. The number of hydrogen-bond donors (Lipinski definition) is 1. The van der Waals surface area contributed by atoms with Crippen LogP contribution in [0.2, 0.25) is 0 Å². The molecule has 4 nitrogen and oxygen atoms in total. The average molecular weight is 271 g/mol. The van der Waals surface area contributed by atoms with Gasteiger partial charge in [-0.2, -0.15) is 0 Å². The monoisotopic (exact) mass is 271 g/mol. The van der Waals surface area contributed by atoms with Crippen molar-refractivity contribution < 1.29 is 4.42 Å². The summed E-state index contributed by atoms with van der Waals surface area (Å²) >= 11 is 0. The number of aryl methyl sites for hydroxylation is 3. The van der Waals surface area contributed by atoms with Gasteiger partial charge in [-0.1, -0.05) is 29.8 Å². The molecule has 0 unspecified atom stereocenters. The molecule has 1 aliphatic carbocycles. The number of hydrogen-bond acceptors (Lipinski definition) is 4. The molecule has 4 heteroatoms. The molecule has 1 saturated carbocycles. The highest BCUT2D eigenvalue weighted by Gasteiger charge is 2.20. The number of benzene rings is 1. The van der Waals surface area contributed by atoms with Crippen molar-refractivity contribution in [3.63, 3.8) is 0 Å². The van der Waals surface area contributed by atoms with Gasteiger partial charge in [0, 0.05) is 25.4 Å². The lowest BCUT2D eigenvalue weighted by Gasteiger charge is -1.99. The van der Waals surface area contributed by atoms with Gasteiger partial charge in [-0.3, -0.25) is 0 Å². The van der Waals surface area contributed by atoms with Gasteiger partial charge in [0.1, 0.15) is 0 Å². The Morgan fingerprint density at radius 2 is 1.75 bits per heavy atom. The van der Waals surface area contributed by atoms with E-state index < -0.39 is 0 Å². The number of nitrogens with zero attached hydrogens (tertiary/aromatic N) is 2. The maximum atomic E-state index is 5.67. The van der Waals surface area contributed by atoms with Crippen molar-refractivity contribution in [3.05, 3.63) is 47.2 Å². The first-order valence-electron chi connectivity index (χ1n) is 7.40. The lowest BCUT2D eigenvalue weighted by molar-refractivity contribution is 0.443. The number of nitrogens with one attached hydrogen (secondary N) is 1. The molecule has 0 spiro atoms. The van der Waals surface area contributed by atoms with Crippen molar-refractivity contribution in [2.75, 3.05) is 6.54 Å². The zero-order chi connectivity index (χ0) is 13.8. The first kappa shape index (κ1) is 13.3. The molecule has 20 heavy (non-hydrogen) atoms. The van der Waals surface area contributed by atoms with Crippen LogP contribution in [0.3, 0.4) is 0 Å². The van der Waals surface area contributed by atoms with Crippen LogP contribution in [0.1, 0.15) is 35.7 Å². The first-order valence-corrected chi connectivity index (χ1v) is 7.40. The molecule has 1 N–H and O–H groups in total. The van der Waals surface area contributed by atoms with E-state index in [1.807, 2.05) is 0 Å². The lowest BCUT2D eigenvalue weighted by atomic mass is 10.1. The highest BCUT2D eigenvalue weighted by Crippen LogP contribution is 2.18. The van der Waals surface area contributed by atoms with Crippen LogP contribution in [0.4, 0.5) is 0 Å². The zero-order valence-electron chi connectivity index (χ0n) is 11.9. The standard InChI is InChI=1S/C16H21N3O/c1-12-2-4-13(5-3-12)6-9-15-18-19-16(20-15)10-11-17-14-7-8-14/h2-5,14,17H,6-11H2,1H3. The van der Waals surface area contributed by atoms with Gasteiger partial charge >= 0.3 is 0 Å². The van der Waals surface area contributed by atoms with Gasteiger partial charge in [-0.15, -0.1) is 10.2 Å². The summed E-state index contributed by atoms with van der Waals surface area (Å²) in [5.41, 5.74) is 2.60. The molecule has 0 aliphatic heterocycles. The number of aromatic nitrogens is 2. The van der Waals surface area contributed by atoms with Crippen LogP contribution in [0.25, 0.3) is 0 Å². The third kappa shape index (κ3) is 3.90. The van der Waals surface area contributed by atoms with Crippen molar-refractivity contribution in [3.8, 4) is 0 Å². The van der Waals surface area contributed by atoms with Crippen LogP contribution in [0.15, 0.2) is 28.7 Å². The summed E-state index contributed by atoms with van der Waals surface area (Å²) in [6.07, 6.45) is 5.21. The Kier molecular flexibility index (Phi) is 4.11. The van der Waals surface area contributed by atoms with Gasteiger partial charge in [0.05, 0.1) is 0 Å². The van der Waals surface area contributed by atoms with Crippen LogP contribution in [0, 0.1) is 6.92 Å². The minimum atomic E-state index is 0.735. The molecule has 0 atom stereocenters. The van der Waals surface area contributed by atoms with Crippen molar-refractivity contribution >= 4 is 0 Å². The summed E-state index contributed by atoms with van der Waals surface area (Å²) in [5.74, 6) is 1.49. The molecule has 1 aromatic heterocycles. The fraction of sp³-hybridized carbons (Fsp3) is 0.500. The van der Waals surface area contributed by atoms with Gasteiger partial charge < -0.3 is 9.73 Å². The van der Waals surface area contributed by atoms with E-state index in [-0.39, 0.29) is 0 Å². The largest absolute Gasteiger partial charge is 0.425 e. The van der Waals surface area contributed by atoms with Crippen LogP contribution >= 0.6 is 0 Å². The van der Waals surface area contributed by atoms with Gasteiger partial charge in [0.25, 0.3) is 0 Å². The fourth-order valence-electron chi connectivity index (χ4n) is 2.17. The second kappa shape index (κ2) is 6.18. The summed E-state index contributed by atoms with van der Waals surface area (Å²) in [4.78, 5) is 0. The molecular weight excluding hydrogens is 250 g/mol. The molecule has 0 bridgehead atoms. The number of rotatable bonds is 7. The third-order valence-corrected chi connectivity index (χ3v) is 3.61. The molecule has 3 rings (SSSR count). The fourth-order valence-corrected chi connectivity index (χ4v) is 2.17. The quantitative estimate of drug-likeness (QED) is 0.840. The van der Waals surface area contributed by atoms with E-state index in [0.29, 0.717) is 0 Å². The van der Waals surface area contributed by atoms with E-state index in [1.54, 1.807) is 0 Å². The van der Waals surface area contributed by atoms with E-state index in [0.717, 1.165) is 43.6 Å². The predicted molar refractivity (Wildman–Crippen MR) is 77.6 cm³/mol. The molecule has 0 saturated heterocycles. The zero-order valence-corrected chi connectivity index (χ0v) is 11.9. The molecule has 2 aromatic rings. The summed E-state index contributed by atoms with van der Waals surface area (Å²) in [6, 6.07) is 9.33. The van der Waals surface area contributed by atoms with Gasteiger partial charge in [-0.25, -0.2) is 0 Å². The Morgan fingerprint density at radius 1 is 1.05 bits per heavy atom. The average Bonchev–Trinajstić information content (AvgIpc) is 3.16. The molecular formula is C16H21N3O. The van der Waals surface area contributed by atoms with Gasteiger partial charge in [0.15, 0.2) is 0 Å². The van der Waals surface area contributed by atoms with Gasteiger partial charge in [0.2, 0.25) is 11.8 Å². The Labute approximate surface area is 119 Å². The van der Waals surface area contributed by atoms with E-state index >= 15 is 0 Å². The molecule has 1 fully saturated rings. The Balaban J connectivity index is 1.45. The maximum absolute atomic E-state index is 5.67.